The molecule has 0 spiro atoms. The first-order valence-corrected chi connectivity index (χ1v) is 7.18. The molecule has 0 radical (unpaired) electrons. The molecule has 0 aliphatic carbocycles. The molecule has 0 saturated carbocycles. The number of rotatable bonds is 4. The highest BCUT2D eigenvalue weighted by atomic mass is 16.7. The molecule has 0 aromatic heterocycles. The van der Waals surface area contributed by atoms with Gasteiger partial charge in [-0.2, -0.15) is 0 Å². The van der Waals surface area contributed by atoms with Crippen LogP contribution in [0.2, 0.25) is 0 Å². The Hall–Kier alpha value is -1.39. The summed E-state index contributed by atoms with van der Waals surface area (Å²) in [6, 6.07) is 10.2. The molecule has 2 rings (SSSR count). The van der Waals surface area contributed by atoms with Crippen LogP contribution in [-0.4, -0.2) is 25.0 Å². The van der Waals surface area contributed by atoms with Crippen molar-refractivity contribution in [2.75, 3.05) is 6.61 Å². The largest absolute Gasteiger partial charge is 0.436 e. The predicted molar refractivity (Wildman–Crippen MR) is 75.0 cm³/mol. The zero-order valence-corrected chi connectivity index (χ0v) is 11.9. The molecule has 1 fully saturated rings. The normalized spacial score (nSPS) is 23.6. The van der Waals surface area contributed by atoms with Crippen LogP contribution >= 0.6 is 0 Å². The Balaban J connectivity index is 1.78. The lowest BCUT2D eigenvalue weighted by Crippen LogP contribution is -2.26. The third-order valence-corrected chi connectivity index (χ3v) is 3.32. The SMILES string of the molecule is CC(=O)OC1CC[C@@H](OCc2ccccc2)CCCO1. The van der Waals surface area contributed by atoms with Crippen LogP contribution in [0.4, 0.5) is 0 Å². The maximum Gasteiger partial charge on any atom is 0.304 e. The minimum atomic E-state index is -0.421. The van der Waals surface area contributed by atoms with Crippen LogP contribution in [0.5, 0.6) is 0 Å². The lowest BCUT2D eigenvalue weighted by atomic mass is 10.1. The van der Waals surface area contributed by atoms with Gasteiger partial charge in [0, 0.05) is 13.3 Å². The summed E-state index contributed by atoms with van der Waals surface area (Å²) in [5, 5.41) is 0. The van der Waals surface area contributed by atoms with Crippen LogP contribution in [0.25, 0.3) is 0 Å². The van der Waals surface area contributed by atoms with E-state index in [0.717, 1.165) is 19.3 Å². The van der Waals surface area contributed by atoms with E-state index >= 15 is 0 Å². The van der Waals surface area contributed by atoms with Crippen molar-refractivity contribution in [3.63, 3.8) is 0 Å². The van der Waals surface area contributed by atoms with Gasteiger partial charge < -0.3 is 14.2 Å². The van der Waals surface area contributed by atoms with E-state index in [9.17, 15) is 4.79 Å². The molecule has 2 atom stereocenters. The van der Waals surface area contributed by atoms with Gasteiger partial charge in [-0.25, -0.2) is 0 Å². The summed E-state index contributed by atoms with van der Waals surface area (Å²) in [5.41, 5.74) is 1.18. The maximum absolute atomic E-state index is 11.0. The van der Waals surface area contributed by atoms with Gasteiger partial charge in [0.25, 0.3) is 0 Å². The topological polar surface area (TPSA) is 44.8 Å². The molecule has 4 nitrogen and oxygen atoms in total. The van der Waals surface area contributed by atoms with Gasteiger partial charge >= 0.3 is 5.97 Å². The minimum absolute atomic E-state index is 0.206. The molecule has 1 aliphatic rings. The molecule has 1 saturated heterocycles. The third-order valence-electron chi connectivity index (χ3n) is 3.32. The summed E-state index contributed by atoms with van der Waals surface area (Å²) in [6.45, 7) is 2.65. The molecule has 1 aliphatic heterocycles. The van der Waals surface area contributed by atoms with E-state index in [-0.39, 0.29) is 12.1 Å². The molecule has 110 valence electrons. The Kier molecular flexibility index (Phi) is 6.02. The van der Waals surface area contributed by atoms with Gasteiger partial charge in [0.05, 0.1) is 19.3 Å². The zero-order valence-electron chi connectivity index (χ0n) is 11.9. The van der Waals surface area contributed by atoms with E-state index in [2.05, 4.69) is 12.1 Å². The number of ether oxygens (including phenoxy) is 3. The minimum Gasteiger partial charge on any atom is -0.436 e. The molecular formula is C16H22O4. The molecule has 0 N–H and O–H groups in total. The Morgan fingerprint density at radius 1 is 1.25 bits per heavy atom. The Morgan fingerprint density at radius 3 is 2.80 bits per heavy atom. The van der Waals surface area contributed by atoms with Crippen molar-refractivity contribution in [3.8, 4) is 0 Å². The molecule has 4 heteroatoms. The summed E-state index contributed by atoms with van der Waals surface area (Å²) in [6.07, 6.45) is 3.24. The summed E-state index contributed by atoms with van der Waals surface area (Å²) in [7, 11) is 0. The van der Waals surface area contributed by atoms with Crippen molar-refractivity contribution in [3.05, 3.63) is 35.9 Å². The number of hydrogen-bond donors (Lipinski definition) is 0. The highest BCUT2D eigenvalue weighted by molar-refractivity contribution is 5.66. The molecule has 20 heavy (non-hydrogen) atoms. The summed E-state index contributed by atoms with van der Waals surface area (Å²) in [4.78, 5) is 11.0. The molecule has 1 heterocycles. The fraction of sp³-hybridized carbons (Fsp3) is 0.562. The van der Waals surface area contributed by atoms with Crippen LogP contribution in [0, 0.1) is 0 Å². The zero-order chi connectivity index (χ0) is 14.2. The third kappa shape index (κ3) is 5.31. The lowest BCUT2D eigenvalue weighted by Gasteiger charge is -2.25. The van der Waals surface area contributed by atoms with Crippen LogP contribution in [0.1, 0.15) is 38.2 Å². The highest BCUT2D eigenvalue weighted by Crippen LogP contribution is 2.19. The van der Waals surface area contributed by atoms with Gasteiger partial charge in [-0.1, -0.05) is 30.3 Å². The van der Waals surface area contributed by atoms with E-state index in [4.69, 9.17) is 14.2 Å². The van der Waals surface area contributed by atoms with E-state index in [0.29, 0.717) is 19.6 Å². The molecule has 1 aromatic carbocycles. The number of carbonyl (C=O) groups is 1. The number of hydrogen-bond acceptors (Lipinski definition) is 4. The summed E-state index contributed by atoms with van der Waals surface area (Å²) in [5.74, 6) is -0.294. The fourth-order valence-electron chi connectivity index (χ4n) is 2.31. The number of esters is 1. The van der Waals surface area contributed by atoms with Crippen molar-refractivity contribution in [2.24, 2.45) is 0 Å². The Bertz CT molecular complexity index is 404. The van der Waals surface area contributed by atoms with Crippen molar-refractivity contribution < 1.29 is 19.0 Å². The first-order chi connectivity index (χ1) is 9.74. The first kappa shape index (κ1) is 15.0. The number of benzene rings is 1. The van der Waals surface area contributed by atoms with Gasteiger partial charge in [-0.15, -0.1) is 0 Å². The molecule has 1 unspecified atom stereocenters. The fourth-order valence-corrected chi connectivity index (χ4v) is 2.31. The second kappa shape index (κ2) is 8.02. The van der Waals surface area contributed by atoms with E-state index in [1.807, 2.05) is 18.2 Å². The smallest absolute Gasteiger partial charge is 0.304 e. The second-order valence-corrected chi connectivity index (χ2v) is 5.05. The average molecular weight is 278 g/mol. The van der Waals surface area contributed by atoms with Gasteiger partial charge in [-0.3, -0.25) is 4.79 Å². The molecule has 0 bridgehead atoms. The predicted octanol–water partition coefficient (Wildman–Crippen LogP) is 3.05. The number of carbonyl (C=O) groups excluding carboxylic acids is 1. The Morgan fingerprint density at radius 2 is 2.05 bits per heavy atom. The van der Waals surface area contributed by atoms with Gasteiger partial charge in [0.2, 0.25) is 6.29 Å². The summed E-state index contributed by atoms with van der Waals surface area (Å²) < 4.78 is 16.6. The van der Waals surface area contributed by atoms with Crippen LogP contribution < -0.4 is 0 Å². The standard InChI is InChI=1S/C16H22O4/c1-13(17)20-16-10-9-15(8-5-11-18-16)19-12-14-6-3-2-4-7-14/h2-4,6-7,15-16H,5,8-12H2,1H3/t15-,16?/m0/s1. The van der Waals surface area contributed by atoms with Gasteiger partial charge in [0.1, 0.15) is 0 Å². The second-order valence-electron chi connectivity index (χ2n) is 5.05. The average Bonchev–Trinajstić information content (AvgIpc) is 2.42. The molecular weight excluding hydrogens is 256 g/mol. The molecule has 1 aromatic rings. The van der Waals surface area contributed by atoms with E-state index in [1.165, 1.54) is 12.5 Å². The van der Waals surface area contributed by atoms with Gasteiger partial charge in [-0.05, 0) is 24.8 Å². The van der Waals surface area contributed by atoms with Crippen molar-refractivity contribution in [2.45, 2.75) is 51.6 Å². The van der Waals surface area contributed by atoms with Crippen molar-refractivity contribution in [1.29, 1.82) is 0 Å². The van der Waals surface area contributed by atoms with Crippen molar-refractivity contribution in [1.82, 2.24) is 0 Å². The quantitative estimate of drug-likeness (QED) is 0.794. The van der Waals surface area contributed by atoms with Gasteiger partial charge in [0.15, 0.2) is 0 Å². The van der Waals surface area contributed by atoms with E-state index < -0.39 is 6.29 Å². The molecule has 0 amide bonds. The van der Waals surface area contributed by atoms with E-state index in [1.54, 1.807) is 0 Å². The van der Waals surface area contributed by atoms with Crippen LogP contribution in [0.15, 0.2) is 30.3 Å². The van der Waals surface area contributed by atoms with Crippen molar-refractivity contribution >= 4 is 5.97 Å². The highest BCUT2D eigenvalue weighted by Gasteiger charge is 2.20. The maximum atomic E-state index is 11.0. The van der Waals surface area contributed by atoms with Crippen LogP contribution in [-0.2, 0) is 25.6 Å². The lowest BCUT2D eigenvalue weighted by molar-refractivity contribution is -0.182. The monoisotopic (exact) mass is 278 g/mol. The Labute approximate surface area is 120 Å². The van der Waals surface area contributed by atoms with Crippen LogP contribution in [0.3, 0.4) is 0 Å². The first-order valence-electron chi connectivity index (χ1n) is 7.18. The summed E-state index contributed by atoms with van der Waals surface area (Å²) >= 11 is 0.